The number of fused-ring (bicyclic) bond motifs is 1. The van der Waals surface area contributed by atoms with Gasteiger partial charge in [-0.25, -0.2) is 0 Å². The first-order valence-corrected chi connectivity index (χ1v) is 12.2. The van der Waals surface area contributed by atoms with Crippen molar-refractivity contribution in [3.8, 4) is 22.8 Å². The second-order valence-corrected chi connectivity index (χ2v) is 9.09. The molecule has 0 atom stereocenters. The van der Waals surface area contributed by atoms with E-state index in [0.717, 1.165) is 77.1 Å². The quantitative estimate of drug-likeness (QED) is 0.425. The summed E-state index contributed by atoms with van der Waals surface area (Å²) >= 11 is 0. The van der Waals surface area contributed by atoms with Gasteiger partial charge in [0.1, 0.15) is 11.5 Å². The highest BCUT2D eigenvalue weighted by molar-refractivity contribution is 5.96. The number of hydrogen-bond acceptors (Lipinski definition) is 5. The van der Waals surface area contributed by atoms with E-state index in [-0.39, 0.29) is 11.9 Å². The van der Waals surface area contributed by atoms with Crippen LogP contribution in [0.1, 0.15) is 41.4 Å². The number of aryl methyl sites for hydroxylation is 3. The van der Waals surface area contributed by atoms with E-state index in [2.05, 4.69) is 33.7 Å². The number of nitrogens with zero attached hydrogens (tertiary/aromatic N) is 3. The van der Waals surface area contributed by atoms with E-state index >= 15 is 0 Å². The summed E-state index contributed by atoms with van der Waals surface area (Å²) in [6.07, 6.45) is 4.45. The molecule has 180 valence electrons. The Morgan fingerprint density at radius 1 is 1.11 bits per heavy atom. The summed E-state index contributed by atoms with van der Waals surface area (Å²) in [5.74, 6) is 1.46. The number of ether oxygens (including phenoxy) is 1. The minimum atomic E-state index is 0.00568. The van der Waals surface area contributed by atoms with Crippen molar-refractivity contribution in [1.82, 2.24) is 25.4 Å². The smallest absolute Gasteiger partial charge is 0.251 e. The Labute approximate surface area is 205 Å². The van der Waals surface area contributed by atoms with Crippen LogP contribution < -0.4 is 15.4 Å². The van der Waals surface area contributed by atoms with Crippen LogP contribution in [0.2, 0.25) is 0 Å². The number of carbonyl (C=O) groups is 1. The predicted molar refractivity (Wildman–Crippen MR) is 138 cm³/mol. The molecule has 1 amide bonds. The normalized spacial score (nSPS) is 14.3. The van der Waals surface area contributed by atoms with E-state index in [4.69, 9.17) is 4.74 Å². The van der Waals surface area contributed by atoms with Crippen LogP contribution in [-0.2, 0) is 13.5 Å². The third-order valence-corrected chi connectivity index (χ3v) is 6.68. The van der Waals surface area contributed by atoms with E-state index in [9.17, 15) is 4.79 Å². The Kier molecular flexibility index (Phi) is 6.51. The van der Waals surface area contributed by atoms with Gasteiger partial charge < -0.3 is 15.4 Å². The average Bonchev–Trinajstić information content (AvgIpc) is 3.17. The average molecular weight is 470 g/mol. The van der Waals surface area contributed by atoms with Gasteiger partial charge in [0, 0.05) is 47.9 Å². The molecule has 5 rings (SSSR count). The van der Waals surface area contributed by atoms with E-state index in [1.165, 1.54) is 0 Å². The van der Waals surface area contributed by atoms with Crippen molar-refractivity contribution in [2.45, 2.75) is 39.2 Å². The Balaban J connectivity index is 1.36. The van der Waals surface area contributed by atoms with Gasteiger partial charge in [-0.15, -0.1) is 0 Å². The van der Waals surface area contributed by atoms with Gasteiger partial charge in [0.05, 0.1) is 16.9 Å². The molecule has 0 aliphatic carbocycles. The zero-order valence-corrected chi connectivity index (χ0v) is 20.5. The summed E-state index contributed by atoms with van der Waals surface area (Å²) in [5, 5.41) is 12.1. The lowest BCUT2D eigenvalue weighted by Crippen LogP contribution is -2.42. The fourth-order valence-corrected chi connectivity index (χ4v) is 4.75. The Hall–Kier alpha value is -3.71. The Morgan fingerprint density at radius 3 is 2.71 bits per heavy atom. The van der Waals surface area contributed by atoms with Gasteiger partial charge >= 0.3 is 0 Å². The fourth-order valence-electron chi connectivity index (χ4n) is 4.75. The molecule has 1 aliphatic heterocycles. The summed E-state index contributed by atoms with van der Waals surface area (Å²) in [4.78, 5) is 17.5. The fraction of sp³-hybridized carbons (Fsp3) is 0.321. The van der Waals surface area contributed by atoms with Gasteiger partial charge in [-0.1, -0.05) is 13.0 Å². The standard InChI is InChI=1S/C28H31N5O2/c1-4-19-15-20(5-7-25(19)28(34)31-21-9-12-29-13-10-21)26-16-23(11-14-30-26)35-22-6-8-24-18(2)32-33(3)27(24)17-22/h5-8,11,14-17,21,29H,4,9-10,12-13H2,1-3H3,(H,31,34). The van der Waals surface area contributed by atoms with Gasteiger partial charge in [-0.2, -0.15) is 5.10 Å². The van der Waals surface area contributed by atoms with E-state index < -0.39 is 0 Å². The number of carbonyl (C=O) groups excluding carboxylic acids is 1. The highest BCUT2D eigenvalue weighted by atomic mass is 16.5. The van der Waals surface area contributed by atoms with Crippen molar-refractivity contribution in [3.63, 3.8) is 0 Å². The molecule has 1 saturated heterocycles. The SMILES string of the molecule is CCc1cc(-c2cc(Oc3ccc4c(C)nn(C)c4c3)ccn2)ccc1C(=O)NC1CCNCC1. The predicted octanol–water partition coefficient (Wildman–Crippen LogP) is 4.78. The highest BCUT2D eigenvalue weighted by Gasteiger charge is 2.18. The molecule has 35 heavy (non-hydrogen) atoms. The zero-order chi connectivity index (χ0) is 24.4. The molecule has 0 unspecified atom stereocenters. The van der Waals surface area contributed by atoms with Crippen LogP contribution in [0.25, 0.3) is 22.2 Å². The van der Waals surface area contributed by atoms with Crippen molar-refractivity contribution in [2.75, 3.05) is 13.1 Å². The molecule has 2 N–H and O–H groups in total. The summed E-state index contributed by atoms with van der Waals surface area (Å²) in [6.45, 7) is 5.98. The zero-order valence-electron chi connectivity index (χ0n) is 20.5. The number of amides is 1. The number of pyridine rings is 1. The van der Waals surface area contributed by atoms with Crippen LogP contribution in [0.5, 0.6) is 11.5 Å². The number of piperidine rings is 1. The number of benzene rings is 2. The second kappa shape index (κ2) is 9.88. The van der Waals surface area contributed by atoms with Crippen molar-refractivity contribution >= 4 is 16.8 Å². The molecular weight excluding hydrogens is 438 g/mol. The van der Waals surface area contributed by atoms with Gasteiger partial charge in [-0.3, -0.25) is 14.5 Å². The lowest BCUT2D eigenvalue weighted by atomic mass is 9.98. The third kappa shape index (κ3) is 4.91. The first-order chi connectivity index (χ1) is 17.0. The van der Waals surface area contributed by atoms with Crippen LogP contribution in [0.15, 0.2) is 54.7 Å². The molecule has 2 aromatic carbocycles. The maximum Gasteiger partial charge on any atom is 0.251 e. The minimum absolute atomic E-state index is 0.00568. The molecule has 3 heterocycles. The molecule has 0 radical (unpaired) electrons. The molecule has 2 aromatic heterocycles. The summed E-state index contributed by atoms with van der Waals surface area (Å²) < 4.78 is 8.03. The van der Waals surface area contributed by atoms with E-state index in [1.54, 1.807) is 6.20 Å². The topological polar surface area (TPSA) is 81.1 Å². The summed E-state index contributed by atoms with van der Waals surface area (Å²) in [5.41, 5.74) is 5.55. The van der Waals surface area contributed by atoms with Crippen molar-refractivity contribution < 1.29 is 9.53 Å². The van der Waals surface area contributed by atoms with E-state index in [0.29, 0.717) is 5.75 Å². The summed E-state index contributed by atoms with van der Waals surface area (Å²) in [7, 11) is 1.94. The van der Waals surface area contributed by atoms with Crippen molar-refractivity contribution in [3.05, 3.63) is 71.5 Å². The molecule has 4 aromatic rings. The van der Waals surface area contributed by atoms with Gasteiger partial charge in [0.15, 0.2) is 0 Å². The van der Waals surface area contributed by atoms with Crippen molar-refractivity contribution in [2.24, 2.45) is 7.05 Å². The molecule has 7 heteroatoms. The largest absolute Gasteiger partial charge is 0.457 e. The van der Waals surface area contributed by atoms with Crippen LogP contribution in [0.4, 0.5) is 0 Å². The second-order valence-electron chi connectivity index (χ2n) is 9.09. The van der Waals surface area contributed by atoms with Crippen LogP contribution >= 0.6 is 0 Å². The molecule has 0 spiro atoms. The molecule has 1 aliphatic rings. The van der Waals surface area contributed by atoms with Crippen LogP contribution in [-0.4, -0.2) is 39.8 Å². The Bertz CT molecular complexity index is 1370. The molecule has 1 fully saturated rings. The minimum Gasteiger partial charge on any atom is -0.457 e. The van der Waals surface area contributed by atoms with Crippen LogP contribution in [0.3, 0.4) is 0 Å². The maximum absolute atomic E-state index is 12.9. The number of hydrogen-bond donors (Lipinski definition) is 2. The highest BCUT2D eigenvalue weighted by Crippen LogP contribution is 2.30. The monoisotopic (exact) mass is 469 g/mol. The molecule has 0 saturated carbocycles. The molecular formula is C28H31N5O2. The van der Waals surface area contributed by atoms with E-state index in [1.807, 2.05) is 61.1 Å². The first-order valence-electron chi connectivity index (χ1n) is 12.2. The van der Waals surface area contributed by atoms with Crippen LogP contribution in [0, 0.1) is 6.92 Å². The molecule has 7 nitrogen and oxygen atoms in total. The van der Waals surface area contributed by atoms with Gasteiger partial charge in [0.25, 0.3) is 5.91 Å². The Morgan fingerprint density at radius 2 is 1.91 bits per heavy atom. The lowest BCUT2D eigenvalue weighted by Gasteiger charge is -2.24. The van der Waals surface area contributed by atoms with Crippen molar-refractivity contribution in [1.29, 1.82) is 0 Å². The van der Waals surface area contributed by atoms with Gasteiger partial charge in [0.2, 0.25) is 0 Å². The maximum atomic E-state index is 12.9. The molecule has 0 bridgehead atoms. The number of aromatic nitrogens is 3. The first kappa shape index (κ1) is 23.1. The third-order valence-electron chi connectivity index (χ3n) is 6.68. The number of rotatable bonds is 6. The van der Waals surface area contributed by atoms with Gasteiger partial charge in [-0.05, 0) is 75.2 Å². The summed E-state index contributed by atoms with van der Waals surface area (Å²) in [6, 6.07) is 16.0. The number of nitrogens with one attached hydrogen (secondary N) is 2. The lowest BCUT2D eigenvalue weighted by molar-refractivity contribution is 0.0928.